The minimum absolute atomic E-state index is 0.132. The first-order valence-corrected chi connectivity index (χ1v) is 8.11. The maximum absolute atomic E-state index is 12.4. The number of ether oxygens (including phenoxy) is 1. The number of hydrogen-bond acceptors (Lipinski definition) is 4. The highest BCUT2D eigenvalue weighted by Gasteiger charge is 2.49. The van der Waals surface area contributed by atoms with Gasteiger partial charge in [-0.3, -0.25) is 0 Å². The standard InChI is InChI=1S/C17H21N3O3/c1-10-18-13-6-5-12(9-14(13)23-10)19-16(21)20-17(2)7-8-22-15(17)11-3-4-11/h5-6,9,11,15H,3-4,7-8H2,1-2H3,(H2,19,20,21)/t15-,17+/m1/s1. The van der Waals surface area contributed by atoms with Crippen LogP contribution in [0.4, 0.5) is 10.5 Å². The SMILES string of the molecule is Cc1nc2ccc(NC(=O)N[C@@]3(C)CCO[C@@H]3C3CC3)cc2o1. The molecule has 122 valence electrons. The Morgan fingerprint density at radius 2 is 2.22 bits per heavy atom. The number of nitrogens with zero attached hydrogens (tertiary/aromatic N) is 1. The van der Waals surface area contributed by atoms with Crippen LogP contribution in [0.1, 0.15) is 32.1 Å². The number of oxazole rings is 1. The molecule has 1 aromatic carbocycles. The number of urea groups is 1. The second kappa shape index (κ2) is 5.23. The van der Waals surface area contributed by atoms with Crippen molar-refractivity contribution in [3.05, 3.63) is 24.1 Å². The van der Waals surface area contributed by atoms with Crippen LogP contribution in [0, 0.1) is 12.8 Å². The third-order valence-corrected chi connectivity index (χ3v) is 4.75. The molecular formula is C17H21N3O3. The summed E-state index contributed by atoms with van der Waals surface area (Å²) in [5.74, 6) is 1.21. The number of hydrogen-bond donors (Lipinski definition) is 2. The van der Waals surface area contributed by atoms with E-state index in [-0.39, 0.29) is 17.7 Å². The van der Waals surface area contributed by atoms with Gasteiger partial charge in [-0.2, -0.15) is 0 Å². The molecule has 2 aromatic rings. The topological polar surface area (TPSA) is 76.4 Å². The van der Waals surface area contributed by atoms with E-state index in [4.69, 9.17) is 9.15 Å². The van der Waals surface area contributed by atoms with E-state index in [1.807, 2.05) is 12.1 Å². The normalized spacial score (nSPS) is 27.3. The molecule has 1 saturated carbocycles. The lowest BCUT2D eigenvalue weighted by Crippen LogP contribution is -2.53. The number of carbonyl (C=O) groups is 1. The molecule has 6 nitrogen and oxygen atoms in total. The number of rotatable bonds is 3. The third-order valence-electron chi connectivity index (χ3n) is 4.75. The van der Waals surface area contributed by atoms with E-state index >= 15 is 0 Å². The summed E-state index contributed by atoms with van der Waals surface area (Å²) in [7, 11) is 0. The van der Waals surface area contributed by atoms with Crippen molar-refractivity contribution in [2.45, 2.75) is 44.8 Å². The van der Waals surface area contributed by atoms with Crippen molar-refractivity contribution in [3.8, 4) is 0 Å². The zero-order chi connectivity index (χ0) is 16.0. The molecule has 1 aliphatic heterocycles. The van der Waals surface area contributed by atoms with Crippen molar-refractivity contribution in [1.29, 1.82) is 0 Å². The highest BCUT2D eigenvalue weighted by Crippen LogP contribution is 2.43. The summed E-state index contributed by atoms with van der Waals surface area (Å²) in [6.07, 6.45) is 3.38. The fourth-order valence-electron chi connectivity index (χ4n) is 3.45. The minimum atomic E-state index is -0.293. The first-order chi connectivity index (χ1) is 11.0. The maximum atomic E-state index is 12.4. The van der Waals surface area contributed by atoms with Crippen LogP contribution in [0.2, 0.25) is 0 Å². The first kappa shape index (κ1) is 14.5. The molecule has 1 aromatic heterocycles. The summed E-state index contributed by atoms with van der Waals surface area (Å²) in [5.41, 5.74) is 1.86. The van der Waals surface area contributed by atoms with Crippen molar-refractivity contribution in [1.82, 2.24) is 10.3 Å². The number of aromatic nitrogens is 1. The van der Waals surface area contributed by atoms with Crippen LogP contribution in [-0.4, -0.2) is 29.3 Å². The average molecular weight is 315 g/mol. The number of nitrogens with one attached hydrogen (secondary N) is 2. The second-order valence-corrected chi connectivity index (χ2v) is 6.79. The quantitative estimate of drug-likeness (QED) is 0.912. The van der Waals surface area contributed by atoms with E-state index in [0.717, 1.165) is 11.9 Å². The van der Waals surface area contributed by atoms with Crippen LogP contribution in [-0.2, 0) is 4.74 Å². The Morgan fingerprint density at radius 3 is 3.00 bits per heavy atom. The van der Waals surface area contributed by atoms with Crippen LogP contribution in [0.25, 0.3) is 11.1 Å². The molecule has 2 amide bonds. The van der Waals surface area contributed by atoms with Gasteiger partial charge in [-0.25, -0.2) is 9.78 Å². The fraction of sp³-hybridized carbons (Fsp3) is 0.529. The molecule has 6 heteroatoms. The molecule has 0 radical (unpaired) electrons. The van der Waals surface area contributed by atoms with E-state index in [9.17, 15) is 4.79 Å². The molecule has 2 atom stereocenters. The van der Waals surface area contributed by atoms with Gasteiger partial charge in [0.1, 0.15) is 5.52 Å². The number of amides is 2. The number of fused-ring (bicyclic) bond motifs is 1. The summed E-state index contributed by atoms with van der Waals surface area (Å²) in [6, 6.07) is 5.25. The number of carbonyl (C=O) groups excluding carboxylic acids is 1. The molecule has 0 spiro atoms. The van der Waals surface area contributed by atoms with E-state index in [1.165, 1.54) is 12.8 Å². The van der Waals surface area contributed by atoms with Gasteiger partial charge in [0.05, 0.1) is 11.6 Å². The van der Waals surface area contributed by atoms with Crippen LogP contribution < -0.4 is 10.6 Å². The lowest BCUT2D eigenvalue weighted by atomic mass is 9.90. The van der Waals surface area contributed by atoms with Crippen molar-refractivity contribution in [2.75, 3.05) is 11.9 Å². The summed E-state index contributed by atoms with van der Waals surface area (Å²) in [4.78, 5) is 16.6. The predicted octanol–water partition coefficient (Wildman–Crippen LogP) is 3.22. The zero-order valence-corrected chi connectivity index (χ0v) is 13.4. The Kier molecular flexibility index (Phi) is 3.30. The van der Waals surface area contributed by atoms with Gasteiger partial charge in [-0.15, -0.1) is 0 Å². The molecule has 2 N–H and O–H groups in total. The van der Waals surface area contributed by atoms with Crippen LogP contribution in [0.3, 0.4) is 0 Å². The average Bonchev–Trinajstić information content (AvgIpc) is 3.15. The molecule has 4 rings (SSSR count). The first-order valence-electron chi connectivity index (χ1n) is 8.11. The summed E-state index contributed by atoms with van der Waals surface area (Å²) in [6.45, 7) is 4.59. The summed E-state index contributed by atoms with van der Waals surface area (Å²) in [5, 5.41) is 5.99. The molecule has 23 heavy (non-hydrogen) atoms. The molecular weight excluding hydrogens is 294 g/mol. The molecule has 2 aliphatic rings. The van der Waals surface area contributed by atoms with Crippen LogP contribution >= 0.6 is 0 Å². The number of anilines is 1. The van der Waals surface area contributed by atoms with Crippen LogP contribution in [0.5, 0.6) is 0 Å². The predicted molar refractivity (Wildman–Crippen MR) is 86.4 cm³/mol. The van der Waals surface area contributed by atoms with E-state index in [2.05, 4.69) is 22.5 Å². The third kappa shape index (κ3) is 2.79. The van der Waals surface area contributed by atoms with Gasteiger partial charge in [-0.05, 0) is 44.2 Å². The maximum Gasteiger partial charge on any atom is 0.319 e. The summed E-state index contributed by atoms with van der Waals surface area (Å²) >= 11 is 0. The second-order valence-electron chi connectivity index (χ2n) is 6.79. The largest absolute Gasteiger partial charge is 0.441 e. The molecule has 1 saturated heterocycles. The van der Waals surface area contributed by atoms with Gasteiger partial charge in [-0.1, -0.05) is 0 Å². The summed E-state index contributed by atoms with van der Waals surface area (Å²) < 4.78 is 11.3. The Balaban J connectivity index is 1.46. The van der Waals surface area contributed by atoms with Crippen molar-refractivity contribution < 1.29 is 13.9 Å². The van der Waals surface area contributed by atoms with Gasteiger partial charge < -0.3 is 19.8 Å². The zero-order valence-electron chi connectivity index (χ0n) is 13.4. The smallest absolute Gasteiger partial charge is 0.319 e. The van der Waals surface area contributed by atoms with Gasteiger partial charge >= 0.3 is 6.03 Å². The van der Waals surface area contributed by atoms with Crippen molar-refractivity contribution in [2.24, 2.45) is 5.92 Å². The van der Waals surface area contributed by atoms with Crippen LogP contribution in [0.15, 0.2) is 22.6 Å². The Morgan fingerprint density at radius 1 is 1.39 bits per heavy atom. The highest BCUT2D eigenvalue weighted by atomic mass is 16.5. The Labute approximate surface area is 134 Å². The van der Waals surface area contributed by atoms with E-state index in [1.54, 1.807) is 13.0 Å². The van der Waals surface area contributed by atoms with E-state index < -0.39 is 0 Å². The van der Waals surface area contributed by atoms with Gasteiger partial charge in [0.2, 0.25) is 0 Å². The van der Waals surface area contributed by atoms with E-state index in [0.29, 0.717) is 29.7 Å². The number of benzene rings is 1. The van der Waals surface area contributed by atoms with Gasteiger partial charge in [0.25, 0.3) is 0 Å². The highest BCUT2D eigenvalue weighted by molar-refractivity contribution is 5.92. The van der Waals surface area contributed by atoms with Gasteiger partial charge in [0, 0.05) is 25.3 Å². The fourth-order valence-corrected chi connectivity index (χ4v) is 3.45. The minimum Gasteiger partial charge on any atom is -0.441 e. The Hall–Kier alpha value is -2.08. The molecule has 2 fully saturated rings. The number of aryl methyl sites for hydroxylation is 1. The Bertz CT molecular complexity index is 753. The molecule has 0 bridgehead atoms. The lowest BCUT2D eigenvalue weighted by Gasteiger charge is -2.31. The lowest BCUT2D eigenvalue weighted by molar-refractivity contribution is 0.0597. The monoisotopic (exact) mass is 315 g/mol. The van der Waals surface area contributed by atoms with Crippen molar-refractivity contribution >= 4 is 22.8 Å². The molecule has 1 aliphatic carbocycles. The van der Waals surface area contributed by atoms with Crippen molar-refractivity contribution in [3.63, 3.8) is 0 Å². The molecule has 2 heterocycles. The van der Waals surface area contributed by atoms with Gasteiger partial charge in [0.15, 0.2) is 11.5 Å². The molecule has 0 unspecified atom stereocenters.